The van der Waals surface area contributed by atoms with E-state index in [-0.39, 0.29) is 0 Å². The Morgan fingerprint density at radius 2 is 1.79 bits per heavy atom. The quantitative estimate of drug-likeness (QED) is 0.544. The van der Waals surface area contributed by atoms with Gasteiger partial charge in [0.1, 0.15) is 12.4 Å². The molecule has 0 saturated carbocycles. The molecule has 4 aromatic rings. The lowest BCUT2D eigenvalue weighted by Crippen LogP contribution is -1.97. The molecule has 0 spiro atoms. The number of fused-ring (bicyclic) bond motifs is 1. The normalized spacial score (nSPS) is 11.1. The lowest BCUT2D eigenvalue weighted by molar-refractivity contribution is 0.304. The summed E-state index contributed by atoms with van der Waals surface area (Å²) in [5, 5.41) is 14.5. The van der Waals surface area contributed by atoms with Gasteiger partial charge in [0.15, 0.2) is 10.8 Å². The van der Waals surface area contributed by atoms with Gasteiger partial charge in [-0.1, -0.05) is 40.6 Å². The molecule has 0 amide bonds. The Labute approximate surface area is 147 Å². The van der Waals surface area contributed by atoms with Gasteiger partial charge in [0, 0.05) is 10.6 Å². The molecule has 0 N–H and O–H groups in total. The first-order valence-corrected chi connectivity index (χ1v) is 8.55. The Bertz CT molecular complexity index is 976. The smallest absolute Gasteiger partial charge is 0.235 e. The zero-order valence-electron chi connectivity index (χ0n) is 12.8. The molecule has 2 aromatic carbocycles. The topological polar surface area (TPSA) is 52.3 Å². The van der Waals surface area contributed by atoms with Crippen molar-refractivity contribution in [2.45, 2.75) is 13.5 Å². The summed E-state index contributed by atoms with van der Waals surface area (Å²) in [7, 11) is 0. The summed E-state index contributed by atoms with van der Waals surface area (Å²) in [6.07, 6.45) is 0. The Balaban J connectivity index is 1.57. The van der Waals surface area contributed by atoms with Crippen LogP contribution in [0.25, 0.3) is 16.3 Å². The van der Waals surface area contributed by atoms with Gasteiger partial charge in [0.25, 0.3) is 0 Å². The van der Waals surface area contributed by atoms with Crippen LogP contribution in [0, 0.1) is 6.92 Å². The molecular weight excluding hydrogens is 344 g/mol. The van der Waals surface area contributed by atoms with E-state index in [2.05, 4.69) is 15.3 Å². The minimum Gasteiger partial charge on any atom is -0.486 e. The third-order valence-electron chi connectivity index (χ3n) is 3.52. The predicted octanol–water partition coefficient (Wildman–Crippen LogP) is 4.39. The van der Waals surface area contributed by atoms with Crippen LogP contribution in [-0.2, 0) is 6.61 Å². The largest absolute Gasteiger partial charge is 0.486 e. The summed E-state index contributed by atoms with van der Waals surface area (Å²) >= 11 is 7.40. The van der Waals surface area contributed by atoms with Crippen LogP contribution in [0.3, 0.4) is 0 Å². The molecule has 0 aliphatic rings. The summed E-state index contributed by atoms with van der Waals surface area (Å²) in [5.41, 5.74) is 2.12. The second kappa shape index (κ2) is 6.22. The maximum Gasteiger partial charge on any atom is 0.235 e. The summed E-state index contributed by atoms with van der Waals surface area (Å²) in [4.78, 5) is 0.738. The van der Waals surface area contributed by atoms with Crippen molar-refractivity contribution in [2.75, 3.05) is 0 Å². The zero-order chi connectivity index (χ0) is 16.5. The fraction of sp³-hybridized carbons (Fsp3) is 0.118. The van der Waals surface area contributed by atoms with E-state index in [0.29, 0.717) is 17.5 Å². The number of hydrogen-bond donors (Lipinski definition) is 0. The van der Waals surface area contributed by atoms with E-state index >= 15 is 0 Å². The molecule has 4 rings (SSSR count). The highest BCUT2D eigenvalue weighted by atomic mass is 35.5. The third kappa shape index (κ3) is 2.98. The van der Waals surface area contributed by atoms with E-state index < -0.39 is 0 Å². The van der Waals surface area contributed by atoms with Crippen LogP contribution in [0.2, 0.25) is 5.02 Å². The lowest BCUT2D eigenvalue weighted by Gasteiger charge is -2.03. The van der Waals surface area contributed by atoms with Gasteiger partial charge in [0.2, 0.25) is 4.96 Å². The first-order valence-electron chi connectivity index (χ1n) is 7.35. The van der Waals surface area contributed by atoms with Gasteiger partial charge in [0.05, 0.1) is 0 Å². The average molecular weight is 357 g/mol. The minimum atomic E-state index is 0.400. The third-order valence-corrected chi connectivity index (χ3v) is 4.64. The van der Waals surface area contributed by atoms with Gasteiger partial charge >= 0.3 is 0 Å². The average Bonchev–Trinajstić information content (AvgIpc) is 3.15. The molecule has 2 aromatic heterocycles. The van der Waals surface area contributed by atoms with Crippen LogP contribution in [0.4, 0.5) is 0 Å². The molecule has 0 saturated heterocycles. The second-order valence-electron chi connectivity index (χ2n) is 5.32. The number of halogens is 1. The molecule has 0 aliphatic carbocycles. The number of ether oxygens (including phenoxy) is 1. The summed E-state index contributed by atoms with van der Waals surface area (Å²) in [6.45, 7) is 2.45. The van der Waals surface area contributed by atoms with E-state index in [4.69, 9.17) is 16.3 Å². The molecule has 2 heterocycles. The van der Waals surface area contributed by atoms with Crippen LogP contribution in [-0.4, -0.2) is 19.8 Å². The maximum atomic E-state index is 5.93. The van der Waals surface area contributed by atoms with Gasteiger partial charge < -0.3 is 4.74 Å². The highest BCUT2D eigenvalue weighted by Crippen LogP contribution is 2.23. The van der Waals surface area contributed by atoms with Crippen molar-refractivity contribution in [1.29, 1.82) is 0 Å². The van der Waals surface area contributed by atoms with Crippen molar-refractivity contribution < 1.29 is 4.74 Å². The number of hydrogen-bond acceptors (Lipinski definition) is 5. The van der Waals surface area contributed by atoms with Crippen molar-refractivity contribution in [3.8, 4) is 17.1 Å². The minimum absolute atomic E-state index is 0.400. The SMILES string of the molecule is Cc1ccc(OCc2nn3c(-c4ccc(Cl)cc4)nnc3s2)cc1. The van der Waals surface area contributed by atoms with Gasteiger partial charge in [-0.25, -0.2) is 0 Å². The second-order valence-corrected chi connectivity index (χ2v) is 6.80. The number of aryl methyl sites for hydroxylation is 1. The van der Waals surface area contributed by atoms with Crippen LogP contribution < -0.4 is 4.74 Å². The molecule has 0 radical (unpaired) electrons. The standard InChI is InChI=1S/C17H13ClN4OS/c1-11-2-8-14(9-3-11)23-10-15-21-22-16(19-20-17(22)24-15)12-4-6-13(18)7-5-12/h2-9H,10H2,1H3. The Morgan fingerprint density at radius 1 is 1.04 bits per heavy atom. The number of aromatic nitrogens is 4. The van der Waals surface area contributed by atoms with Crippen LogP contribution >= 0.6 is 22.9 Å². The number of nitrogens with zero attached hydrogens (tertiary/aromatic N) is 4. The number of benzene rings is 2. The summed E-state index contributed by atoms with van der Waals surface area (Å²) in [6, 6.07) is 15.4. The van der Waals surface area contributed by atoms with Crippen molar-refractivity contribution in [2.24, 2.45) is 0 Å². The zero-order valence-corrected chi connectivity index (χ0v) is 14.4. The van der Waals surface area contributed by atoms with E-state index in [0.717, 1.165) is 21.3 Å². The molecule has 0 unspecified atom stereocenters. The molecule has 7 heteroatoms. The monoisotopic (exact) mass is 356 g/mol. The van der Waals surface area contributed by atoms with Gasteiger partial charge in [-0.05, 0) is 43.3 Å². The summed E-state index contributed by atoms with van der Waals surface area (Å²) < 4.78 is 7.51. The molecule has 0 atom stereocenters. The molecule has 120 valence electrons. The van der Waals surface area contributed by atoms with Crippen LogP contribution in [0.5, 0.6) is 5.75 Å². The molecule has 24 heavy (non-hydrogen) atoms. The maximum absolute atomic E-state index is 5.93. The molecular formula is C17H13ClN4OS. The highest BCUT2D eigenvalue weighted by molar-refractivity contribution is 7.16. The van der Waals surface area contributed by atoms with E-state index in [1.165, 1.54) is 16.9 Å². The van der Waals surface area contributed by atoms with Crippen LogP contribution in [0.15, 0.2) is 48.5 Å². The van der Waals surface area contributed by atoms with E-state index in [1.54, 1.807) is 4.52 Å². The lowest BCUT2D eigenvalue weighted by atomic mass is 10.2. The van der Waals surface area contributed by atoms with Gasteiger partial charge in [-0.15, -0.1) is 10.2 Å². The molecule has 0 aliphatic heterocycles. The fourth-order valence-electron chi connectivity index (χ4n) is 2.27. The Hall–Kier alpha value is -2.44. The van der Waals surface area contributed by atoms with Crippen molar-refractivity contribution >= 4 is 27.9 Å². The first-order chi connectivity index (χ1) is 11.7. The van der Waals surface area contributed by atoms with E-state index in [1.807, 2.05) is 55.5 Å². The molecule has 0 bridgehead atoms. The fourth-order valence-corrected chi connectivity index (χ4v) is 3.15. The van der Waals surface area contributed by atoms with Crippen molar-refractivity contribution in [3.05, 3.63) is 64.1 Å². The molecule has 5 nitrogen and oxygen atoms in total. The highest BCUT2D eigenvalue weighted by Gasteiger charge is 2.13. The summed E-state index contributed by atoms with van der Waals surface area (Å²) in [5.74, 6) is 1.52. The predicted molar refractivity (Wildman–Crippen MR) is 94.6 cm³/mol. The van der Waals surface area contributed by atoms with Crippen molar-refractivity contribution in [3.63, 3.8) is 0 Å². The first kappa shape index (κ1) is 15.1. The van der Waals surface area contributed by atoms with Crippen molar-refractivity contribution in [1.82, 2.24) is 19.8 Å². The molecule has 0 fully saturated rings. The van der Waals surface area contributed by atoms with Gasteiger partial charge in [-0.3, -0.25) is 0 Å². The Morgan fingerprint density at radius 3 is 2.54 bits per heavy atom. The van der Waals surface area contributed by atoms with Gasteiger partial charge in [-0.2, -0.15) is 9.61 Å². The van der Waals surface area contributed by atoms with Crippen LogP contribution in [0.1, 0.15) is 10.6 Å². The Kier molecular flexibility index (Phi) is 3.92. The van der Waals surface area contributed by atoms with E-state index in [9.17, 15) is 0 Å². The number of rotatable bonds is 4.